The third-order valence-electron chi connectivity index (χ3n) is 8.70. The summed E-state index contributed by atoms with van der Waals surface area (Å²) in [5.74, 6) is 1.12. The molecule has 2 aliphatic heterocycles. The minimum Gasteiger partial charge on any atom is -0.382 e. The summed E-state index contributed by atoms with van der Waals surface area (Å²) in [5.41, 5.74) is 10.8. The maximum atomic E-state index is 13.3. The van der Waals surface area contributed by atoms with Crippen LogP contribution >= 0.6 is 0 Å². The zero-order valence-corrected chi connectivity index (χ0v) is 25.7. The second kappa shape index (κ2) is 11.7. The van der Waals surface area contributed by atoms with Crippen LogP contribution in [-0.2, 0) is 11.8 Å². The summed E-state index contributed by atoms with van der Waals surface area (Å²) in [7, 11) is 0. The van der Waals surface area contributed by atoms with Gasteiger partial charge in [-0.2, -0.15) is 5.10 Å². The molecule has 2 bridgehead atoms. The summed E-state index contributed by atoms with van der Waals surface area (Å²) < 4.78 is 1.78. The molecule has 2 atom stereocenters. The number of benzene rings is 2. The van der Waals surface area contributed by atoms with E-state index in [1.54, 1.807) is 4.68 Å². The molecule has 44 heavy (non-hydrogen) atoms. The van der Waals surface area contributed by atoms with Gasteiger partial charge in [0, 0.05) is 41.6 Å². The van der Waals surface area contributed by atoms with E-state index in [4.69, 9.17) is 10.8 Å². The van der Waals surface area contributed by atoms with Gasteiger partial charge in [-0.1, -0.05) is 50.6 Å². The summed E-state index contributed by atoms with van der Waals surface area (Å²) >= 11 is 0. The van der Waals surface area contributed by atoms with E-state index >= 15 is 0 Å². The molecule has 4 aromatic rings. The van der Waals surface area contributed by atoms with E-state index < -0.39 is 0 Å². The van der Waals surface area contributed by atoms with Gasteiger partial charge < -0.3 is 16.0 Å². The number of carbonyl (C=O) groups is 2. The van der Waals surface area contributed by atoms with Crippen LogP contribution in [0.1, 0.15) is 73.8 Å². The van der Waals surface area contributed by atoms with Gasteiger partial charge in [-0.25, -0.2) is 19.4 Å². The molecule has 0 aliphatic carbocycles. The Balaban J connectivity index is 1.11. The molecule has 2 fully saturated rings. The van der Waals surface area contributed by atoms with Crippen molar-refractivity contribution in [1.29, 1.82) is 0 Å². The highest BCUT2D eigenvalue weighted by atomic mass is 16.2. The fraction of sp³-hybridized carbons (Fsp3) is 0.382. The lowest BCUT2D eigenvalue weighted by Gasteiger charge is -2.39. The van der Waals surface area contributed by atoms with Crippen molar-refractivity contribution in [2.24, 2.45) is 5.92 Å². The number of nitrogens with two attached hydrogens (primary N) is 1. The summed E-state index contributed by atoms with van der Waals surface area (Å²) in [4.78, 5) is 36.7. The van der Waals surface area contributed by atoms with Crippen molar-refractivity contribution in [2.75, 3.05) is 16.4 Å². The molecule has 4 N–H and O–H groups in total. The quantitative estimate of drug-likeness (QED) is 0.247. The SMILES string of the molecule is Cc1ccc(-n2nc(C(C)(C)C)cc2NC(=O)Nc2cccc(CC3CC4CCC(C3)N4C(=O)c3nccnc3N)c2)cc1. The standard InChI is InChI=1S/C34H40N8O2/c1-21-8-10-25(11-9-21)42-29(20-28(40-42)34(2,3)4)39-33(44)38-24-7-5-6-22(17-24)16-23-18-26-12-13-27(19-23)41(26)32(43)30-31(35)37-15-14-36-30/h5-11,14-15,17,20,23,26-27H,12-13,16,18-19H2,1-4H3,(H2,35,37)(H2,38,39,44). The lowest BCUT2D eigenvalue weighted by molar-refractivity contribution is 0.0519. The topological polar surface area (TPSA) is 131 Å². The lowest BCUT2D eigenvalue weighted by Crippen LogP contribution is -2.47. The molecule has 4 heterocycles. The van der Waals surface area contributed by atoms with Crippen molar-refractivity contribution >= 4 is 29.3 Å². The number of piperidine rings is 1. The number of hydrogen-bond acceptors (Lipinski definition) is 6. The molecule has 2 aromatic carbocycles. The summed E-state index contributed by atoms with van der Waals surface area (Å²) in [6, 6.07) is 18.0. The van der Waals surface area contributed by atoms with Crippen molar-refractivity contribution < 1.29 is 9.59 Å². The van der Waals surface area contributed by atoms with E-state index in [0.29, 0.717) is 11.7 Å². The van der Waals surface area contributed by atoms with Crippen molar-refractivity contribution in [3.05, 3.63) is 89.5 Å². The number of fused-ring (bicyclic) bond motifs is 2. The maximum absolute atomic E-state index is 13.3. The number of nitrogens with zero attached hydrogens (tertiary/aromatic N) is 5. The first-order valence-electron chi connectivity index (χ1n) is 15.3. The van der Waals surface area contributed by atoms with Gasteiger partial charge in [0.2, 0.25) is 0 Å². The lowest BCUT2D eigenvalue weighted by atomic mass is 9.85. The third-order valence-corrected chi connectivity index (χ3v) is 8.70. The number of nitrogens with one attached hydrogen (secondary N) is 2. The van der Waals surface area contributed by atoms with Gasteiger partial charge in [-0.05, 0) is 74.8 Å². The highest BCUT2D eigenvalue weighted by Gasteiger charge is 2.44. The smallest absolute Gasteiger partial charge is 0.324 e. The monoisotopic (exact) mass is 592 g/mol. The van der Waals surface area contributed by atoms with Gasteiger partial charge in [-0.3, -0.25) is 10.1 Å². The predicted octanol–water partition coefficient (Wildman–Crippen LogP) is 6.12. The Morgan fingerprint density at radius 3 is 2.34 bits per heavy atom. The Hall–Kier alpha value is -4.73. The van der Waals surface area contributed by atoms with Crippen molar-refractivity contribution in [2.45, 2.75) is 77.3 Å². The van der Waals surface area contributed by atoms with Crippen LogP contribution in [0.3, 0.4) is 0 Å². The largest absolute Gasteiger partial charge is 0.382 e. The van der Waals surface area contributed by atoms with Crippen LogP contribution in [0.25, 0.3) is 5.69 Å². The first kappa shape index (κ1) is 29.3. The molecular weight excluding hydrogens is 552 g/mol. The number of hydrogen-bond donors (Lipinski definition) is 3. The maximum Gasteiger partial charge on any atom is 0.324 e. The second-order valence-corrected chi connectivity index (χ2v) is 13.1. The van der Waals surface area contributed by atoms with Gasteiger partial charge in [0.05, 0.1) is 11.4 Å². The van der Waals surface area contributed by atoms with E-state index in [-0.39, 0.29) is 40.9 Å². The van der Waals surface area contributed by atoms with Gasteiger partial charge in [0.25, 0.3) is 5.91 Å². The van der Waals surface area contributed by atoms with Crippen molar-refractivity contribution in [3.63, 3.8) is 0 Å². The van der Waals surface area contributed by atoms with Crippen LogP contribution < -0.4 is 16.4 Å². The number of aromatic nitrogens is 4. The Labute approximate surface area is 258 Å². The molecule has 10 heteroatoms. The Morgan fingerprint density at radius 1 is 0.955 bits per heavy atom. The van der Waals surface area contributed by atoms with Crippen LogP contribution in [0.5, 0.6) is 0 Å². The van der Waals surface area contributed by atoms with Crippen LogP contribution in [0.2, 0.25) is 0 Å². The third kappa shape index (κ3) is 6.15. The Morgan fingerprint density at radius 2 is 1.66 bits per heavy atom. The highest BCUT2D eigenvalue weighted by Crippen LogP contribution is 2.41. The van der Waals surface area contributed by atoms with Crippen molar-refractivity contribution in [1.82, 2.24) is 24.6 Å². The first-order valence-corrected chi connectivity index (χ1v) is 15.3. The fourth-order valence-electron chi connectivity index (χ4n) is 6.53. The molecular formula is C34H40N8O2. The number of urea groups is 1. The molecule has 0 radical (unpaired) electrons. The number of carbonyl (C=O) groups excluding carboxylic acids is 2. The predicted molar refractivity (Wildman–Crippen MR) is 172 cm³/mol. The zero-order chi connectivity index (χ0) is 31.0. The van der Waals surface area contributed by atoms with Gasteiger partial charge >= 0.3 is 6.03 Å². The normalized spacial score (nSPS) is 19.5. The molecule has 2 aromatic heterocycles. The molecule has 10 nitrogen and oxygen atoms in total. The van der Waals surface area contributed by atoms with E-state index in [0.717, 1.165) is 60.3 Å². The second-order valence-electron chi connectivity index (χ2n) is 13.1. The van der Waals surface area contributed by atoms with E-state index in [1.807, 2.05) is 60.4 Å². The average molecular weight is 593 g/mol. The van der Waals surface area contributed by atoms with Crippen LogP contribution in [0.15, 0.2) is 67.0 Å². The van der Waals surface area contributed by atoms with Gasteiger partial charge in [0.15, 0.2) is 11.5 Å². The summed E-state index contributed by atoms with van der Waals surface area (Å²) in [6.45, 7) is 8.35. The van der Waals surface area contributed by atoms with Crippen LogP contribution in [0, 0.1) is 12.8 Å². The number of amides is 3. The van der Waals surface area contributed by atoms with E-state index in [2.05, 4.69) is 47.4 Å². The molecule has 2 aliphatic rings. The minimum absolute atomic E-state index is 0.114. The Bertz CT molecular complexity index is 1660. The molecule has 2 unspecified atom stereocenters. The zero-order valence-electron chi connectivity index (χ0n) is 25.7. The summed E-state index contributed by atoms with van der Waals surface area (Å²) in [6.07, 6.45) is 7.74. The van der Waals surface area contributed by atoms with Crippen LogP contribution in [0.4, 0.5) is 22.1 Å². The Kier molecular flexibility index (Phi) is 7.84. The minimum atomic E-state index is -0.330. The van der Waals surface area contributed by atoms with E-state index in [9.17, 15) is 9.59 Å². The summed E-state index contributed by atoms with van der Waals surface area (Å²) in [5, 5.41) is 10.8. The number of rotatable bonds is 6. The first-order chi connectivity index (χ1) is 21.0. The van der Waals surface area contributed by atoms with Crippen molar-refractivity contribution in [3.8, 4) is 5.69 Å². The molecule has 6 rings (SSSR count). The fourth-order valence-corrected chi connectivity index (χ4v) is 6.53. The number of nitrogen functional groups attached to an aromatic ring is 1. The van der Waals surface area contributed by atoms with Gasteiger partial charge in [-0.15, -0.1) is 0 Å². The molecule has 0 saturated carbocycles. The van der Waals surface area contributed by atoms with Gasteiger partial charge in [0.1, 0.15) is 5.82 Å². The highest BCUT2D eigenvalue weighted by molar-refractivity contribution is 5.99. The molecule has 3 amide bonds. The molecule has 228 valence electrons. The molecule has 2 saturated heterocycles. The number of aryl methyl sites for hydroxylation is 1. The molecule has 0 spiro atoms. The average Bonchev–Trinajstić information content (AvgIpc) is 3.52. The van der Waals surface area contributed by atoms with E-state index in [1.165, 1.54) is 12.4 Å². The van der Waals surface area contributed by atoms with Crippen LogP contribution in [-0.4, -0.2) is 48.7 Å². The number of anilines is 3.